The lowest BCUT2D eigenvalue weighted by Gasteiger charge is -2.29. The maximum absolute atomic E-state index is 10.5. The van der Waals surface area contributed by atoms with Crippen molar-refractivity contribution in [2.24, 2.45) is 0 Å². The molecule has 0 aliphatic carbocycles. The number of aliphatic hydroxyl groups is 1. The monoisotopic (exact) mass is 501 g/mol. The third-order valence-corrected chi connectivity index (χ3v) is 5.98. The standard InChI is InChI=1S/C13H13Cl2N3O3.C7H8O3S/c14-9-1-2-11(12(15)3-9)13(6-18-8-16-7-17-18)20-5-10(4-19)21-13;1-6-2-4-7(5-3-6)11(8,9)10/h1-3,7-8,10,19H,4-6H2;2-5H,1H3,(H,8,9,10)/t10-,13-;/m1./s1. The normalized spacial score (nSPS) is 20.6. The van der Waals surface area contributed by atoms with Crippen LogP contribution in [-0.4, -0.2) is 52.2 Å². The van der Waals surface area contributed by atoms with Gasteiger partial charge in [0.15, 0.2) is 0 Å². The molecule has 0 spiro atoms. The summed E-state index contributed by atoms with van der Waals surface area (Å²) >= 11 is 12.2. The molecule has 0 saturated carbocycles. The summed E-state index contributed by atoms with van der Waals surface area (Å²) in [4.78, 5) is 3.84. The molecule has 2 N–H and O–H groups in total. The van der Waals surface area contributed by atoms with E-state index in [2.05, 4.69) is 10.1 Å². The van der Waals surface area contributed by atoms with Gasteiger partial charge in [0.25, 0.3) is 10.1 Å². The summed E-state index contributed by atoms with van der Waals surface area (Å²) in [6.07, 6.45) is 2.57. The Balaban J connectivity index is 0.000000222. The van der Waals surface area contributed by atoms with Crippen molar-refractivity contribution in [1.82, 2.24) is 14.8 Å². The zero-order chi connectivity index (χ0) is 23.4. The maximum atomic E-state index is 10.5. The minimum Gasteiger partial charge on any atom is -0.394 e. The highest BCUT2D eigenvalue weighted by atomic mass is 35.5. The molecule has 2 aromatic carbocycles. The Kier molecular flexibility index (Phi) is 7.88. The van der Waals surface area contributed by atoms with E-state index in [1.807, 2.05) is 6.92 Å². The van der Waals surface area contributed by atoms with Crippen molar-refractivity contribution in [3.8, 4) is 0 Å². The fourth-order valence-electron chi connectivity index (χ4n) is 3.00. The minimum absolute atomic E-state index is 0.0666. The molecule has 1 aliphatic rings. The van der Waals surface area contributed by atoms with Crippen LogP contribution in [-0.2, 0) is 31.9 Å². The first-order valence-electron chi connectivity index (χ1n) is 9.38. The van der Waals surface area contributed by atoms with E-state index in [9.17, 15) is 13.5 Å². The number of ether oxygens (including phenoxy) is 2. The van der Waals surface area contributed by atoms with E-state index in [0.717, 1.165) is 5.56 Å². The first kappa shape index (κ1) is 24.6. The van der Waals surface area contributed by atoms with Gasteiger partial charge in [-0.15, -0.1) is 0 Å². The molecule has 32 heavy (non-hydrogen) atoms. The van der Waals surface area contributed by atoms with E-state index in [-0.39, 0.29) is 24.7 Å². The van der Waals surface area contributed by atoms with Gasteiger partial charge in [-0.05, 0) is 31.2 Å². The zero-order valence-electron chi connectivity index (χ0n) is 16.9. The number of rotatable bonds is 5. The number of aryl methyl sites for hydroxylation is 1. The molecule has 12 heteroatoms. The van der Waals surface area contributed by atoms with E-state index < -0.39 is 22.0 Å². The smallest absolute Gasteiger partial charge is 0.294 e. The summed E-state index contributed by atoms with van der Waals surface area (Å²) in [6.45, 7) is 2.24. The van der Waals surface area contributed by atoms with Crippen molar-refractivity contribution in [3.63, 3.8) is 0 Å². The second-order valence-electron chi connectivity index (χ2n) is 6.99. The minimum atomic E-state index is -4.02. The van der Waals surface area contributed by atoms with Crippen LogP contribution in [0.3, 0.4) is 0 Å². The van der Waals surface area contributed by atoms with Gasteiger partial charge in [0, 0.05) is 10.6 Å². The van der Waals surface area contributed by atoms with E-state index in [4.69, 9.17) is 37.2 Å². The van der Waals surface area contributed by atoms with Crippen molar-refractivity contribution < 1.29 is 27.6 Å². The van der Waals surface area contributed by atoms with E-state index in [1.165, 1.54) is 18.5 Å². The second-order valence-corrected chi connectivity index (χ2v) is 9.26. The largest absolute Gasteiger partial charge is 0.394 e. The number of halogens is 2. The molecule has 2 atom stereocenters. The van der Waals surface area contributed by atoms with E-state index >= 15 is 0 Å². The van der Waals surface area contributed by atoms with Crippen molar-refractivity contribution in [3.05, 3.63) is 76.3 Å². The van der Waals surface area contributed by atoms with Crippen LogP contribution in [0.5, 0.6) is 0 Å². The summed E-state index contributed by atoms with van der Waals surface area (Å²) in [6, 6.07) is 11.1. The Morgan fingerprint density at radius 3 is 2.47 bits per heavy atom. The molecule has 2 heterocycles. The number of hydrogen-bond acceptors (Lipinski definition) is 7. The Morgan fingerprint density at radius 2 is 1.94 bits per heavy atom. The van der Waals surface area contributed by atoms with Crippen molar-refractivity contribution >= 4 is 33.3 Å². The van der Waals surface area contributed by atoms with Crippen LogP contribution in [0.2, 0.25) is 10.0 Å². The molecule has 1 aliphatic heterocycles. The molecule has 0 radical (unpaired) electrons. The molecule has 3 aromatic rings. The Hall–Kier alpha value is -2.05. The second kappa shape index (κ2) is 10.3. The lowest BCUT2D eigenvalue weighted by molar-refractivity contribution is -0.191. The van der Waals surface area contributed by atoms with Gasteiger partial charge in [-0.3, -0.25) is 4.55 Å². The SMILES string of the molecule is Cc1ccc(S(=O)(=O)O)cc1.OC[C@@H]1CO[C@@](Cn2cncn2)(c2ccc(Cl)cc2Cl)O1. The number of aromatic nitrogens is 3. The lowest BCUT2D eigenvalue weighted by Crippen LogP contribution is -2.34. The number of hydrogen-bond donors (Lipinski definition) is 2. The average Bonchev–Trinajstić information content (AvgIpc) is 3.39. The first-order valence-corrected chi connectivity index (χ1v) is 11.6. The molecular formula is C20H21Cl2N3O6S. The molecule has 0 amide bonds. The zero-order valence-corrected chi connectivity index (χ0v) is 19.3. The quantitative estimate of drug-likeness (QED) is 0.511. The van der Waals surface area contributed by atoms with E-state index in [1.54, 1.807) is 41.3 Å². The molecule has 0 bridgehead atoms. The highest BCUT2D eigenvalue weighted by Gasteiger charge is 2.45. The first-order chi connectivity index (χ1) is 15.1. The molecule has 1 fully saturated rings. The number of benzene rings is 2. The molecule has 9 nitrogen and oxygen atoms in total. The summed E-state index contributed by atoms with van der Waals surface area (Å²) in [5.41, 5.74) is 1.59. The van der Waals surface area contributed by atoms with Crippen LogP contribution in [0, 0.1) is 6.92 Å². The summed E-state index contributed by atoms with van der Waals surface area (Å²) in [5, 5.41) is 14.3. The van der Waals surface area contributed by atoms with Gasteiger partial charge >= 0.3 is 0 Å². The maximum Gasteiger partial charge on any atom is 0.294 e. The summed E-state index contributed by atoms with van der Waals surface area (Å²) in [5.74, 6) is -1.12. The van der Waals surface area contributed by atoms with Crippen LogP contribution >= 0.6 is 23.2 Å². The van der Waals surface area contributed by atoms with E-state index in [0.29, 0.717) is 15.6 Å². The third-order valence-electron chi connectivity index (χ3n) is 4.56. The third kappa shape index (κ3) is 6.04. The topological polar surface area (TPSA) is 124 Å². The van der Waals surface area contributed by atoms with Crippen molar-refractivity contribution in [1.29, 1.82) is 0 Å². The molecule has 172 valence electrons. The van der Waals surface area contributed by atoms with Gasteiger partial charge in [-0.25, -0.2) is 9.67 Å². The van der Waals surface area contributed by atoms with Crippen LogP contribution in [0.15, 0.2) is 60.0 Å². The Morgan fingerprint density at radius 1 is 1.22 bits per heavy atom. The Labute approximate surface area is 195 Å². The number of aliphatic hydroxyl groups excluding tert-OH is 1. The van der Waals surface area contributed by atoms with Gasteiger partial charge < -0.3 is 14.6 Å². The highest BCUT2D eigenvalue weighted by Crippen LogP contribution is 2.40. The van der Waals surface area contributed by atoms with Crippen molar-refractivity contribution in [2.75, 3.05) is 13.2 Å². The van der Waals surface area contributed by atoms with Gasteiger partial charge in [0.2, 0.25) is 5.79 Å². The van der Waals surface area contributed by atoms with Crippen LogP contribution < -0.4 is 0 Å². The van der Waals surface area contributed by atoms with Crippen LogP contribution in [0.1, 0.15) is 11.1 Å². The molecule has 4 rings (SSSR count). The van der Waals surface area contributed by atoms with Gasteiger partial charge in [-0.1, -0.05) is 47.0 Å². The molecule has 1 aromatic heterocycles. The fourth-order valence-corrected chi connectivity index (χ4v) is 4.03. The molecule has 0 unspecified atom stereocenters. The number of nitrogens with zero attached hydrogens (tertiary/aromatic N) is 3. The van der Waals surface area contributed by atoms with Crippen LogP contribution in [0.25, 0.3) is 0 Å². The lowest BCUT2D eigenvalue weighted by atomic mass is 10.1. The van der Waals surface area contributed by atoms with Gasteiger partial charge in [0.05, 0.1) is 23.1 Å². The average molecular weight is 502 g/mol. The van der Waals surface area contributed by atoms with Gasteiger partial charge in [0.1, 0.15) is 25.3 Å². The molecule has 1 saturated heterocycles. The van der Waals surface area contributed by atoms with Gasteiger partial charge in [-0.2, -0.15) is 13.5 Å². The fraction of sp³-hybridized carbons (Fsp3) is 0.300. The van der Waals surface area contributed by atoms with Crippen LogP contribution in [0.4, 0.5) is 0 Å². The predicted molar refractivity (Wildman–Crippen MR) is 117 cm³/mol. The molecular weight excluding hydrogens is 481 g/mol. The van der Waals surface area contributed by atoms with Crippen molar-refractivity contribution in [2.45, 2.75) is 30.3 Å². The summed E-state index contributed by atoms with van der Waals surface area (Å²) in [7, 11) is -4.02. The summed E-state index contributed by atoms with van der Waals surface area (Å²) < 4.78 is 42.9. The Bertz CT molecular complexity index is 1140. The highest BCUT2D eigenvalue weighted by molar-refractivity contribution is 7.85. The predicted octanol–water partition coefficient (Wildman–Crippen LogP) is 3.09.